The highest BCUT2D eigenvalue weighted by atomic mass is 32.2. The fourth-order valence-electron chi connectivity index (χ4n) is 2.29. The van der Waals surface area contributed by atoms with Crippen molar-refractivity contribution in [2.24, 2.45) is 0 Å². The van der Waals surface area contributed by atoms with Gasteiger partial charge < -0.3 is 5.73 Å². The van der Waals surface area contributed by atoms with Crippen molar-refractivity contribution in [1.29, 1.82) is 10.5 Å². The van der Waals surface area contributed by atoms with Crippen LogP contribution in [0.1, 0.15) is 11.1 Å². The Labute approximate surface area is 149 Å². The van der Waals surface area contributed by atoms with Crippen molar-refractivity contribution in [3.05, 3.63) is 65.9 Å². The van der Waals surface area contributed by atoms with Gasteiger partial charge in [-0.1, -0.05) is 12.1 Å². The molecule has 0 saturated heterocycles. The lowest BCUT2D eigenvalue weighted by molar-refractivity contribution is 0.601. The molecule has 2 aromatic carbocycles. The molecule has 0 amide bonds. The molecule has 0 aliphatic rings. The molecule has 0 unspecified atom stereocenters. The van der Waals surface area contributed by atoms with Gasteiger partial charge in [-0.05, 0) is 36.4 Å². The van der Waals surface area contributed by atoms with Gasteiger partial charge in [0.05, 0.1) is 34.1 Å². The molecule has 26 heavy (non-hydrogen) atoms. The monoisotopic (exact) mass is 364 g/mol. The minimum Gasteiger partial charge on any atom is -0.382 e. The number of nitrogens with zero attached hydrogens (tertiary/aromatic N) is 4. The van der Waals surface area contributed by atoms with Crippen LogP contribution >= 0.6 is 0 Å². The molecule has 0 bridgehead atoms. The van der Waals surface area contributed by atoms with E-state index in [-0.39, 0.29) is 22.0 Å². The van der Waals surface area contributed by atoms with E-state index in [4.69, 9.17) is 16.3 Å². The SMILES string of the molecule is N#Cc1ccc(S(=O)(=O)Nc2ccccc2-n2ncc(C#N)c2N)cc1. The Bertz CT molecular complexity index is 1150. The first-order valence-electron chi connectivity index (χ1n) is 7.32. The maximum absolute atomic E-state index is 12.6. The van der Waals surface area contributed by atoms with Gasteiger partial charge in [0.1, 0.15) is 17.5 Å². The quantitative estimate of drug-likeness (QED) is 0.726. The van der Waals surface area contributed by atoms with E-state index < -0.39 is 10.0 Å². The molecule has 8 nitrogen and oxygen atoms in total. The molecule has 128 valence electrons. The molecule has 0 saturated carbocycles. The van der Waals surface area contributed by atoms with E-state index in [2.05, 4.69) is 9.82 Å². The number of sulfonamides is 1. The minimum absolute atomic E-state index is 0.0115. The molecule has 3 aromatic rings. The van der Waals surface area contributed by atoms with E-state index in [1.165, 1.54) is 35.1 Å². The summed E-state index contributed by atoms with van der Waals surface area (Å²) in [5.74, 6) is 0.109. The van der Waals surface area contributed by atoms with Gasteiger partial charge in [-0.3, -0.25) is 4.72 Å². The van der Waals surface area contributed by atoms with E-state index >= 15 is 0 Å². The lowest BCUT2D eigenvalue weighted by atomic mass is 10.2. The van der Waals surface area contributed by atoms with Crippen LogP contribution in [-0.4, -0.2) is 18.2 Å². The van der Waals surface area contributed by atoms with Crippen LogP contribution in [0.3, 0.4) is 0 Å². The molecule has 0 spiro atoms. The normalized spacial score (nSPS) is 10.7. The van der Waals surface area contributed by atoms with E-state index in [1.54, 1.807) is 24.3 Å². The average molecular weight is 364 g/mol. The summed E-state index contributed by atoms with van der Waals surface area (Å²) in [5.41, 5.74) is 7.07. The number of anilines is 2. The maximum atomic E-state index is 12.6. The van der Waals surface area contributed by atoms with Crippen LogP contribution in [0, 0.1) is 22.7 Å². The van der Waals surface area contributed by atoms with Gasteiger partial charge >= 0.3 is 0 Å². The summed E-state index contributed by atoms with van der Waals surface area (Å²) in [6.45, 7) is 0. The zero-order valence-electron chi connectivity index (χ0n) is 13.3. The Balaban J connectivity index is 2.02. The van der Waals surface area contributed by atoms with E-state index in [9.17, 15) is 8.42 Å². The molecule has 3 rings (SSSR count). The molecule has 3 N–H and O–H groups in total. The number of hydrogen-bond acceptors (Lipinski definition) is 6. The fourth-order valence-corrected chi connectivity index (χ4v) is 3.37. The number of para-hydroxylation sites is 2. The summed E-state index contributed by atoms with van der Waals surface area (Å²) in [7, 11) is -3.89. The van der Waals surface area contributed by atoms with Gasteiger partial charge in [-0.15, -0.1) is 0 Å². The van der Waals surface area contributed by atoms with Crippen molar-refractivity contribution in [2.45, 2.75) is 4.90 Å². The number of nitrogens with one attached hydrogen (secondary N) is 1. The second-order valence-corrected chi connectivity index (χ2v) is 6.91. The summed E-state index contributed by atoms with van der Waals surface area (Å²) in [4.78, 5) is 0.0115. The Morgan fingerprint density at radius 2 is 1.73 bits per heavy atom. The van der Waals surface area contributed by atoms with E-state index in [0.29, 0.717) is 11.3 Å². The minimum atomic E-state index is -3.89. The molecular formula is C17H12N6O2S. The first kappa shape index (κ1) is 17.0. The Morgan fingerprint density at radius 1 is 1.04 bits per heavy atom. The second-order valence-electron chi connectivity index (χ2n) is 5.23. The molecule has 0 aliphatic carbocycles. The molecule has 0 radical (unpaired) electrons. The van der Waals surface area contributed by atoms with E-state index in [0.717, 1.165) is 0 Å². The summed E-state index contributed by atoms with van der Waals surface area (Å²) in [5, 5.41) is 21.9. The standard InChI is InChI=1S/C17H12N6O2S/c18-9-12-5-7-14(8-6-12)26(24,25)22-15-3-1-2-4-16(15)23-17(20)13(10-19)11-21-23/h1-8,11,22H,20H2. The van der Waals surface area contributed by atoms with E-state index in [1.807, 2.05) is 12.1 Å². The first-order valence-corrected chi connectivity index (χ1v) is 8.80. The van der Waals surface area contributed by atoms with Crippen LogP contribution in [0.15, 0.2) is 59.6 Å². The Kier molecular flexibility index (Phi) is 4.31. The van der Waals surface area contributed by atoms with Gasteiger partial charge in [-0.2, -0.15) is 15.6 Å². The predicted molar refractivity (Wildman–Crippen MR) is 94.7 cm³/mol. The summed E-state index contributed by atoms with van der Waals surface area (Å²) in [6, 6.07) is 15.9. The van der Waals surface area contributed by atoms with Crippen LogP contribution in [0.2, 0.25) is 0 Å². The lowest BCUT2D eigenvalue weighted by Gasteiger charge is -2.13. The lowest BCUT2D eigenvalue weighted by Crippen LogP contribution is -2.15. The number of hydrogen-bond donors (Lipinski definition) is 2. The van der Waals surface area contributed by atoms with Crippen molar-refractivity contribution in [3.8, 4) is 17.8 Å². The fraction of sp³-hybridized carbons (Fsp3) is 0. The van der Waals surface area contributed by atoms with Crippen molar-refractivity contribution < 1.29 is 8.42 Å². The summed E-state index contributed by atoms with van der Waals surface area (Å²) >= 11 is 0. The third kappa shape index (κ3) is 3.07. The maximum Gasteiger partial charge on any atom is 0.261 e. The van der Waals surface area contributed by atoms with Gasteiger partial charge in [0.15, 0.2) is 0 Å². The predicted octanol–water partition coefficient (Wildman–Crippen LogP) is 2.00. The number of nitrogen functional groups attached to an aromatic ring is 1. The van der Waals surface area contributed by atoms with Crippen molar-refractivity contribution in [3.63, 3.8) is 0 Å². The third-order valence-corrected chi connectivity index (χ3v) is 4.98. The zero-order valence-corrected chi connectivity index (χ0v) is 14.1. The third-order valence-electron chi connectivity index (χ3n) is 3.60. The highest BCUT2D eigenvalue weighted by Crippen LogP contribution is 2.26. The molecule has 0 fully saturated rings. The molecule has 1 heterocycles. The first-order chi connectivity index (χ1) is 12.5. The van der Waals surface area contributed by atoms with Gasteiger partial charge in [0.25, 0.3) is 10.0 Å². The molecular weight excluding hydrogens is 352 g/mol. The molecule has 9 heteroatoms. The number of nitriles is 2. The highest BCUT2D eigenvalue weighted by molar-refractivity contribution is 7.92. The van der Waals surface area contributed by atoms with Gasteiger partial charge in [0, 0.05) is 0 Å². The smallest absolute Gasteiger partial charge is 0.261 e. The van der Waals surface area contributed by atoms with Gasteiger partial charge in [0.2, 0.25) is 0 Å². The molecule has 0 aliphatic heterocycles. The zero-order chi connectivity index (χ0) is 18.7. The average Bonchev–Trinajstić information content (AvgIpc) is 3.02. The Hall–Kier alpha value is -3.82. The van der Waals surface area contributed by atoms with Crippen molar-refractivity contribution in [1.82, 2.24) is 9.78 Å². The van der Waals surface area contributed by atoms with Crippen LogP contribution in [0.5, 0.6) is 0 Å². The summed E-state index contributed by atoms with van der Waals surface area (Å²) in [6.07, 6.45) is 1.31. The van der Waals surface area contributed by atoms with Crippen LogP contribution < -0.4 is 10.5 Å². The van der Waals surface area contributed by atoms with Crippen molar-refractivity contribution in [2.75, 3.05) is 10.5 Å². The number of benzene rings is 2. The second kappa shape index (κ2) is 6.59. The van der Waals surface area contributed by atoms with Crippen LogP contribution in [0.25, 0.3) is 5.69 Å². The topological polar surface area (TPSA) is 138 Å². The van der Waals surface area contributed by atoms with Crippen molar-refractivity contribution >= 4 is 21.5 Å². The van der Waals surface area contributed by atoms with Crippen LogP contribution in [-0.2, 0) is 10.0 Å². The summed E-state index contributed by atoms with van der Waals surface area (Å²) < 4.78 is 29.0. The largest absolute Gasteiger partial charge is 0.382 e. The number of nitrogens with two attached hydrogens (primary N) is 1. The number of aromatic nitrogens is 2. The highest BCUT2D eigenvalue weighted by Gasteiger charge is 2.18. The molecule has 1 aromatic heterocycles. The van der Waals surface area contributed by atoms with Crippen LogP contribution in [0.4, 0.5) is 11.5 Å². The number of rotatable bonds is 4. The van der Waals surface area contributed by atoms with Gasteiger partial charge in [-0.25, -0.2) is 13.1 Å². The molecule has 0 atom stereocenters. The Morgan fingerprint density at radius 3 is 2.35 bits per heavy atom.